The summed E-state index contributed by atoms with van der Waals surface area (Å²) >= 11 is 0. The summed E-state index contributed by atoms with van der Waals surface area (Å²) in [6, 6.07) is 15.0. The number of amides is 2. The quantitative estimate of drug-likeness (QED) is 0.749. The third-order valence-corrected chi connectivity index (χ3v) is 3.40. The summed E-state index contributed by atoms with van der Waals surface area (Å²) in [5.74, 6) is 1.36. The zero-order valence-electron chi connectivity index (χ0n) is 14.4. The van der Waals surface area contributed by atoms with E-state index in [0.717, 1.165) is 11.3 Å². The van der Waals surface area contributed by atoms with Gasteiger partial charge >= 0.3 is 6.09 Å². The molecular formula is C19H22N2O4. The highest BCUT2D eigenvalue weighted by molar-refractivity contribution is 5.90. The van der Waals surface area contributed by atoms with E-state index in [4.69, 9.17) is 4.74 Å². The number of methoxy groups -OCH3 is 1. The monoisotopic (exact) mass is 342 g/mol. The van der Waals surface area contributed by atoms with E-state index in [0.29, 0.717) is 30.8 Å². The maximum absolute atomic E-state index is 11.9. The highest BCUT2D eigenvalue weighted by Crippen LogP contribution is 2.23. The molecule has 2 aromatic carbocycles. The number of carbonyl (C=O) groups excluding carboxylic acids is 2. The van der Waals surface area contributed by atoms with E-state index >= 15 is 0 Å². The largest absolute Gasteiger partial charge is 0.457 e. The normalized spacial score (nSPS) is 10.0. The molecule has 0 saturated heterocycles. The maximum atomic E-state index is 11.9. The third kappa shape index (κ3) is 6.55. The van der Waals surface area contributed by atoms with Crippen molar-refractivity contribution >= 4 is 17.7 Å². The molecule has 2 aromatic rings. The van der Waals surface area contributed by atoms with E-state index in [-0.39, 0.29) is 5.91 Å². The zero-order chi connectivity index (χ0) is 18.1. The Morgan fingerprint density at radius 1 is 1.04 bits per heavy atom. The summed E-state index contributed by atoms with van der Waals surface area (Å²) in [6.45, 7) is 2.40. The smallest absolute Gasteiger partial charge is 0.406 e. The molecule has 0 heterocycles. The number of hydrogen-bond donors (Lipinski definition) is 2. The molecule has 0 fully saturated rings. The Morgan fingerprint density at radius 3 is 2.48 bits per heavy atom. The van der Waals surface area contributed by atoms with E-state index in [1.54, 1.807) is 24.3 Å². The third-order valence-electron chi connectivity index (χ3n) is 3.40. The van der Waals surface area contributed by atoms with Crippen LogP contribution in [0.4, 0.5) is 10.5 Å². The molecule has 6 nitrogen and oxygen atoms in total. The van der Waals surface area contributed by atoms with Crippen LogP contribution < -0.4 is 15.4 Å². The van der Waals surface area contributed by atoms with E-state index in [1.807, 2.05) is 31.2 Å². The molecule has 6 heteroatoms. The van der Waals surface area contributed by atoms with Crippen molar-refractivity contribution in [3.63, 3.8) is 0 Å². The minimum Gasteiger partial charge on any atom is -0.457 e. The molecule has 0 radical (unpaired) electrons. The molecule has 2 rings (SSSR count). The van der Waals surface area contributed by atoms with Gasteiger partial charge in [0.15, 0.2) is 0 Å². The van der Waals surface area contributed by atoms with Crippen molar-refractivity contribution in [2.45, 2.75) is 19.8 Å². The first kappa shape index (κ1) is 18.3. The summed E-state index contributed by atoms with van der Waals surface area (Å²) in [4.78, 5) is 22.7. The van der Waals surface area contributed by atoms with Crippen LogP contribution in [0.2, 0.25) is 0 Å². The summed E-state index contributed by atoms with van der Waals surface area (Å²) in [5.41, 5.74) is 1.82. The van der Waals surface area contributed by atoms with Crippen molar-refractivity contribution in [2.75, 3.05) is 19.0 Å². The van der Waals surface area contributed by atoms with Crippen LogP contribution in [0.15, 0.2) is 48.5 Å². The molecule has 0 aliphatic carbocycles. The predicted molar refractivity (Wildman–Crippen MR) is 96.0 cm³/mol. The van der Waals surface area contributed by atoms with Gasteiger partial charge < -0.3 is 20.1 Å². The van der Waals surface area contributed by atoms with Gasteiger partial charge in [-0.2, -0.15) is 0 Å². The maximum Gasteiger partial charge on any atom is 0.406 e. The van der Waals surface area contributed by atoms with Crippen LogP contribution in [0, 0.1) is 6.92 Å². The van der Waals surface area contributed by atoms with Gasteiger partial charge in [-0.25, -0.2) is 4.79 Å². The lowest BCUT2D eigenvalue weighted by molar-refractivity contribution is -0.116. The van der Waals surface area contributed by atoms with Crippen LogP contribution in [-0.2, 0) is 9.53 Å². The standard InChI is InChI=1S/C19H22N2O4/c1-14-5-3-6-17(13-14)25-16-10-8-15(9-11-16)21-18(22)7-4-12-20-19(23)24-2/h3,5-6,8-11,13H,4,7,12H2,1-2H3,(H,20,23)(H,21,22). The van der Waals surface area contributed by atoms with Gasteiger partial charge in [0.1, 0.15) is 11.5 Å². The number of anilines is 1. The fourth-order valence-corrected chi connectivity index (χ4v) is 2.16. The van der Waals surface area contributed by atoms with Gasteiger partial charge in [0.05, 0.1) is 7.11 Å². The van der Waals surface area contributed by atoms with Crippen molar-refractivity contribution < 1.29 is 19.1 Å². The second kappa shape index (κ2) is 9.32. The van der Waals surface area contributed by atoms with E-state index in [2.05, 4.69) is 15.4 Å². The Labute approximate surface area is 147 Å². The van der Waals surface area contributed by atoms with Crippen LogP contribution in [0.25, 0.3) is 0 Å². The van der Waals surface area contributed by atoms with Crippen molar-refractivity contribution in [3.05, 3.63) is 54.1 Å². The van der Waals surface area contributed by atoms with Gasteiger partial charge in [0.25, 0.3) is 0 Å². The second-order valence-electron chi connectivity index (χ2n) is 5.51. The number of hydrogen-bond acceptors (Lipinski definition) is 4. The van der Waals surface area contributed by atoms with Crippen molar-refractivity contribution in [1.29, 1.82) is 0 Å². The Morgan fingerprint density at radius 2 is 1.80 bits per heavy atom. The predicted octanol–water partition coefficient (Wildman–Crippen LogP) is 3.86. The first-order chi connectivity index (χ1) is 12.1. The average Bonchev–Trinajstić information content (AvgIpc) is 2.60. The van der Waals surface area contributed by atoms with E-state index < -0.39 is 6.09 Å². The summed E-state index contributed by atoms with van der Waals surface area (Å²) < 4.78 is 10.2. The molecular weight excluding hydrogens is 320 g/mol. The summed E-state index contributed by atoms with van der Waals surface area (Å²) in [6.07, 6.45) is 0.353. The molecule has 25 heavy (non-hydrogen) atoms. The molecule has 2 amide bonds. The fraction of sp³-hybridized carbons (Fsp3) is 0.263. The lowest BCUT2D eigenvalue weighted by Gasteiger charge is -2.09. The first-order valence-electron chi connectivity index (χ1n) is 8.03. The number of aryl methyl sites for hydroxylation is 1. The molecule has 0 bridgehead atoms. The highest BCUT2D eigenvalue weighted by Gasteiger charge is 2.04. The fourth-order valence-electron chi connectivity index (χ4n) is 2.16. The van der Waals surface area contributed by atoms with Gasteiger partial charge in [0.2, 0.25) is 5.91 Å². The van der Waals surface area contributed by atoms with Crippen LogP contribution in [0.3, 0.4) is 0 Å². The van der Waals surface area contributed by atoms with Gasteiger partial charge in [-0.15, -0.1) is 0 Å². The lowest BCUT2D eigenvalue weighted by atomic mass is 10.2. The van der Waals surface area contributed by atoms with Crippen LogP contribution >= 0.6 is 0 Å². The van der Waals surface area contributed by atoms with Gasteiger partial charge in [0, 0.05) is 18.7 Å². The molecule has 0 aliphatic rings. The molecule has 0 aromatic heterocycles. The number of benzene rings is 2. The van der Waals surface area contributed by atoms with E-state index in [1.165, 1.54) is 7.11 Å². The van der Waals surface area contributed by atoms with Crippen LogP contribution in [-0.4, -0.2) is 25.7 Å². The zero-order valence-corrected chi connectivity index (χ0v) is 14.4. The number of nitrogens with one attached hydrogen (secondary N) is 2. The molecule has 0 unspecified atom stereocenters. The number of rotatable bonds is 7. The number of carbonyl (C=O) groups is 2. The van der Waals surface area contributed by atoms with Gasteiger partial charge in [-0.1, -0.05) is 12.1 Å². The van der Waals surface area contributed by atoms with Gasteiger partial charge in [-0.3, -0.25) is 4.79 Å². The Balaban J connectivity index is 1.77. The summed E-state index contributed by atoms with van der Waals surface area (Å²) in [7, 11) is 1.30. The topological polar surface area (TPSA) is 76.7 Å². The van der Waals surface area contributed by atoms with Crippen LogP contribution in [0.1, 0.15) is 18.4 Å². The van der Waals surface area contributed by atoms with E-state index in [9.17, 15) is 9.59 Å². The highest BCUT2D eigenvalue weighted by atomic mass is 16.5. The second-order valence-corrected chi connectivity index (χ2v) is 5.51. The molecule has 132 valence electrons. The van der Waals surface area contributed by atoms with Crippen molar-refractivity contribution in [1.82, 2.24) is 5.32 Å². The molecule has 0 aliphatic heterocycles. The first-order valence-corrected chi connectivity index (χ1v) is 8.03. The number of alkyl carbamates (subject to hydrolysis) is 1. The minimum atomic E-state index is -0.496. The Bertz CT molecular complexity index is 714. The average molecular weight is 342 g/mol. The van der Waals surface area contributed by atoms with Crippen LogP contribution in [0.5, 0.6) is 11.5 Å². The van der Waals surface area contributed by atoms with Crippen molar-refractivity contribution in [3.8, 4) is 11.5 Å². The molecule has 0 saturated carbocycles. The Kier molecular flexibility index (Phi) is 6.83. The minimum absolute atomic E-state index is 0.112. The molecule has 0 spiro atoms. The molecule has 0 atom stereocenters. The summed E-state index contributed by atoms with van der Waals surface area (Å²) in [5, 5.41) is 5.33. The van der Waals surface area contributed by atoms with Crippen molar-refractivity contribution in [2.24, 2.45) is 0 Å². The SMILES string of the molecule is COC(=O)NCCCC(=O)Nc1ccc(Oc2cccc(C)c2)cc1. The Hall–Kier alpha value is -3.02. The molecule has 2 N–H and O–H groups in total. The number of ether oxygens (including phenoxy) is 2. The van der Waals surface area contributed by atoms with Gasteiger partial charge in [-0.05, 0) is 55.3 Å². The lowest BCUT2D eigenvalue weighted by Crippen LogP contribution is -2.25.